The zero-order valence-corrected chi connectivity index (χ0v) is 15.7. The van der Waals surface area contributed by atoms with E-state index in [0.29, 0.717) is 45.1 Å². The van der Waals surface area contributed by atoms with E-state index in [9.17, 15) is 9.18 Å². The van der Waals surface area contributed by atoms with Crippen LogP contribution in [0.4, 0.5) is 14.9 Å². The monoisotopic (exact) mass is 398 g/mol. The molecule has 1 fully saturated rings. The number of carbonyl (C=O) groups is 1. The number of halogens is 1. The van der Waals surface area contributed by atoms with E-state index in [2.05, 4.69) is 15.8 Å². The molecule has 1 aromatic carbocycles. The van der Waals surface area contributed by atoms with Gasteiger partial charge in [0.1, 0.15) is 22.0 Å². The molecule has 0 saturated carbocycles. The van der Waals surface area contributed by atoms with Crippen LogP contribution in [0.15, 0.2) is 23.3 Å². The Morgan fingerprint density at radius 1 is 1.60 bits per heavy atom. The van der Waals surface area contributed by atoms with Crippen molar-refractivity contribution in [3.8, 4) is 0 Å². The van der Waals surface area contributed by atoms with Crippen molar-refractivity contribution in [3.63, 3.8) is 0 Å². The highest BCUT2D eigenvalue weighted by molar-refractivity contribution is 8.15. The van der Waals surface area contributed by atoms with E-state index in [0.717, 1.165) is 0 Å². The molecule has 0 unspecified atom stereocenters. The average molecular weight is 399 g/mol. The first kappa shape index (κ1) is 18.0. The number of amides is 1. The van der Waals surface area contributed by atoms with Crippen LogP contribution < -0.4 is 15.6 Å². The Labute approximate surface area is 159 Å². The quantitative estimate of drug-likeness (QED) is 0.755. The lowest BCUT2D eigenvalue weighted by molar-refractivity contribution is 0.143. The van der Waals surface area contributed by atoms with Gasteiger partial charge in [-0.3, -0.25) is 10.3 Å². The summed E-state index contributed by atoms with van der Waals surface area (Å²) in [5, 5.41) is 7.55. The van der Waals surface area contributed by atoms with Crippen molar-refractivity contribution in [2.24, 2.45) is 5.10 Å². The number of cyclic esters (lactones) is 1. The number of carbonyl (C=O) groups excluding carboxylic acids is 1. The van der Waals surface area contributed by atoms with Gasteiger partial charge in [-0.2, -0.15) is 5.10 Å². The molecule has 2 aliphatic heterocycles. The molecular formula is C15H15FN4O2S3. The fourth-order valence-electron chi connectivity index (χ4n) is 2.39. The van der Waals surface area contributed by atoms with Crippen LogP contribution in [0, 0.1) is 5.82 Å². The smallest absolute Gasteiger partial charge is 0.414 e. The Hall–Kier alpha value is -1.78. The number of nitrogens with zero attached hydrogens (tertiary/aromatic N) is 2. The summed E-state index contributed by atoms with van der Waals surface area (Å²) in [6.07, 6.45) is -0.839. The van der Waals surface area contributed by atoms with Crippen LogP contribution in [0.1, 0.15) is 12.5 Å². The predicted molar refractivity (Wildman–Crippen MR) is 105 cm³/mol. The summed E-state index contributed by atoms with van der Waals surface area (Å²) in [5.41, 5.74) is 3.50. The molecule has 1 aromatic rings. The minimum absolute atomic E-state index is 0.332. The average Bonchev–Trinajstić information content (AvgIpc) is 2.95. The highest BCUT2D eigenvalue weighted by Crippen LogP contribution is 2.26. The van der Waals surface area contributed by atoms with Gasteiger partial charge in [-0.25, -0.2) is 9.18 Å². The molecule has 0 aromatic heterocycles. The first-order valence-electron chi connectivity index (χ1n) is 7.46. The van der Waals surface area contributed by atoms with Gasteiger partial charge in [0.05, 0.1) is 29.5 Å². The van der Waals surface area contributed by atoms with Gasteiger partial charge in [0.25, 0.3) is 0 Å². The molecule has 2 aliphatic rings. The van der Waals surface area contributed by atoms with Gasteiger partial charge in [0.15, 0.2) is 0 Å². The number of rotatable bonds is 4. The minimum atomic E-state index is -0.502. The second-order valence-electron chi connectivity index (χ2n) is 5.46. The Balaban J connectivity index is 1.73. The lowest BCUT2D eigenvalue weighted by Gasteiger charge is -2.17. The largest absolute Gasteiger partial charge is 0.442 e. The van der Waals surface area contributed by atoms with Gasteiger partial charge in [-0.15, -0.1) is 0 Å². The van der Waals surface area contributed by atoms with Crippen LogP contribution in [0.5, 0.6) is 0 Å². The maximum Gasteiger partial charge on any atom is 0.414 e. The third-order valence-electron chi connectivity index (χ3n) is 3.57. The van der Waals surface area contributed by atoms with Crippen molar-refractivity contribution in [1.29, 1.82) is 0 Å². The molecule has 1 amide bonds. The van der Waals surface area contributed by atoms with Gasteiger partial charge in [0, 0.05) is 5.56 Å². The van der Waals surface area contributed by atoms with Crippen molar-refractivity contribution in [2.75, 3.05) is 23.7 Å². The van der Waals surface area contributed by atoms with Crippen molar-refractivity contribution < 1.29 is 13.9 Å². The normalized spacial score (nSPS) is 20.0. The van der Waals surface area contributed by atoms with Crippen LogP contribution in [0.3, 0.4) is 0 Å². The van der Waals surface area contributed by atoms with Crippen LogP contribution in [0.2, 0.25) is 0 Å². The summed E-state index contributed by atoms with van der Waals surface area (Å²) in [6, 6.07) is 4.59. The molecule has 0 spiro atoms. The molecule has 0 bridgehead atoms. The molecule has 1 saturated heterocycles. The molecule has 2 N–H and O–H groups in total. The lowest BCUT2D eigenvalue weighted by atomic mass is 10.2. The number of benzene rings is 1. The van der Waals surface area contributed by atoms with E-state index in [1.54, 1.807) is 19.1 Å². The van der Waals surface area contributed by atoms with Crippen molar-refractivity contribution in [2.45, 2.75) is 13.0 Å². The number of ether oxygens (including phenoxy) is 1. The van der Waals surface area contributed by atoms with Gasteiger partial charge < -0.3 is 10.1 Å². The van der Waals surface area contributed by atoms with Gasteiger partial charge in [-0.1, -0.05) is 36.2 Å². The Kier molecular flexibility index (Phi) is 5.50. The standard InChI is InChI=1S/C15H15FN4O2S3/c1-8(23)17-5-10-6-20(15(21)22-10)9-2-3-11(12(16)4-9)14-19-18-13(24)7-25-14/h2-4,10H,5-7H2,1H3,(H,17,23)(H,18,24)/t10-/m0/s1. The molecule has 25 heavy (non-hydrogen) atoms. The molecular weight excluding hydrogens is 383 g/mol. The number of hydrazone groups is 1. The Morgan fingerprint density at radius 3 is 3.04 bits per heavy atom. The fourth-order valence-corrected chi connectivity index (χ4v) is 3.46. The highest BCUT2D eigenvalue weighted by atomic mass is 32.2. The summed E-state index contributed by atoms with van der Waals surface area (Å²) in [4.78, 5) is 14.7. The zero-order valence-electron chi connectivity index (χ0n) is 13.2. The number of anilines is 1. The van der Waals surface area contributed by atoms with Crippen molar-refractivity contribution >= 4 is 63.0 Å². The third kappa shape index (κ3) is 4.25. The molecule has 6 nitrogen and oxygen atoms in total. The summed E-state index contributed by atoms with van der Waals surface area (Å²) >= 11 is 11.3. The number of thiocarbonyl (C=S) groups is 2. The minimum Gasteiger partial charge on any atom is -0.442 e. The molecule has 0 radical (unpaired) electrons. The summed E-state index contributed by atoms with van der Waals surface area (Å²) in [7, 11) is 0. The number of nitrogens with one attached hydrogen (secondary N) is 2. The van der Waals surface area contributed by atoms with E-state index in [-0.39, 0.29) is 6.10 Å². The molecule has 1 atom stereocenters. The fraction of sp³-hybridized carbons (Fsp3) is 0.333. The van der Waals surface area contributed by atoms with Gasteiger partial charge >= 0.3 is 6.09 Å². The van der Waals surface area contributed by atoms with Crippen molar-refractivity contribution in [3.05, 3.63) is 29.6 Å². The zero-order chi connectivity index (χ0) is 18.0. The molecule has 0 aliphatic carbocycles. The number of hydrogen-bond acceptors (Lipinski definition) is 6. The maximum atomic E-state index is 14.5. The Bertz CT molecular complexity index is 771. The van der Waals surface area contributed by atoms with Crippen LogP contribution >= 0.6 is 36.2 Å². The predicted octanol–water partition coefficient (Wildman–Crippen LogP) is 2.41. The van der Waals surface area contributed by atoms with Gasteiger partial charge in [0.2, 0.25) is 0 Å². The van der Waals surface area contributed by atoms with Gasteiger partial charge in [-0.05, 0) is 25.1 Å². The van der Waals surface area contributed by atoms with E-state index in [1.165, 1.54) is 22.7 Å². The van der Waals surface area contributed by atoms with Crippen LogP contribution in [-0.2, 0) is 4.74 Å². The van der Waals surface area contributed by atoms with E-state index in [4.69, 9.17) is 29.2 Å². The van der Waals surface area contributed by atoms with E-state index in [1.807, 2.05) is 0 Å². The van der Waals surface area contributed by atoms with Crippen LogP contribution in [-0.4, -0.2) is 46.1 Å². The molecule has 132 valence electrons. The molecule has 2 heterocycles. The Morgan fingerprint density at radius 2 is 2.40 bits per heavy atom. The first-order valence-corrected chi connectivity index (χ1v) is 9.26. The second kappa shape index (κ2) is 7.63. The first-order chi connectivity index (χ1) is 11.9. The maximum absolute atomic E-state index is 14.5. The van der Waals surface area contributed by atoms with E-state index >= 15 is 0 Å². The lowest BCUT2D eigenvalue weighted by Crippen LogP contribution is -2.32. The summed E-state index contributed by atoms with van der Waals surface area (Å²) < 4.78 is 19.8. The number of thioether (sulfide) groups is 1. The second-order valence-corrected chi connectivity index (χ2v) is 7.53. The van der Waals surface area contributed by atoms with E-state index < -0.39 is 11.9 Å². The molecule has 10 heteroatoms. The summed E-state index contributed by atoms with van der Waals surface area (Å²) in [6.45, 7) is 2.52. The SMILES string of the molecule is CC(=S)NC[C@H]1CN(c2ccc(C3=NNC(=S)CS3)c(F)c2)C(=O)O1. The summed E-state index contributed by atoms with van der Waals surface area (Å²) in [5.74, 6) is 0.101. The molecule has 3 rings (SSSR count). The third-order valence-corrected chi connectivity index (χ3v) is 5.15. The number of hydrogen-bond donors (Lipinski definition) is 2. The topological polar surface area (TPSA) is 66.0 Å². The van der Waals surface area contributed by atoms with Crippen LogP contribution in [0.25, 0.3) is 0 Å². The highest BCUT2D eigenvalue weighted by Gasteiger charge is 2.32. The van der Waals surface area contributed by atoms with Crippen molar-refractivity contribution in [1.82, 2.24) is 10.7 Å².